The number of rotatable bonds is 17. The van der Waals surface area contributed by atoms with Gasteiger partial charge in [0.15, 0.2) is 0 Å². The van der Waals surface area contributed by atoms with Crippen LogP contribution in [0.3, 0.4) is 0 Å². The van der Waals surface area contributed by atoms with Gasteiger partial charge in [-0.3, -0.25) is 29.0 Å². The molecule has 0 spiro atoms. The number of hydrogen-bond donors (Lipinski definition) is 5. The van der Waals surface area contributed by atoms with Crippen LogP contribution in [-0.2, 0) is 30.5 Å². The number of nitriles is 1. The van der Waals surface area contributed by atoms with E-state index < -0.39 is 66.6 Å². The van der Waals surface area contributed by atoms with E-state index in [-0.39, 0.29) is 36.4 Å². The van der Waals surface area contributed by atoms with Crippen LogP contribution in [0.1, 0.15) is 42.2 Å². The second-order valence-electron chi connectivity index (χ2n) is 9.32. The maximum Gasteiger partial charge on any atom is 0.327 e. The lowest BCUT2D eigenvalue weighted by molar-refractivity contribution is -0.141. The fourth-order valence-corrected chi connectivity index (χ4v) is 5.83. The Bertz CT molecular complexity index is 1230. The zero-order chi connectivity index (χ0) is 32.0. The minimum atomic E-state index is -3.19. The fourth-order valence-electron chi connectivity index (χ4n) is 3.75. The van der Waals surface area contributed by atoms with Gasteiger partial charge in [-0.15, -0.1) is 0 Å². The van der Waals surface area contributed by atoms with E-state index in [9.17, 15) is 42.7 Å². The first-order chi connectivity index (χ1) is 20.4. The van der Waals surface area contributed by atoms with Crippen LogP contribution < -0.4 is 21.3 Å². The second-order valence-corrected chi connectivity index (χ2v) is 11.9. The van der Waals surface area contributed by atoms with Crippen LogP contribution in [0.5, 0.6) is 0 Å². The monoisotopic (exact) mass is 643 g/mol. The maximum absolute atomic E-state index is 13.7. The predicted molar refractivity (Wildman–Crippen MR) is 151 cm³/mol. The van der Waals surface area contributed by atoms with Crippen LogP contribution in [-0.4, -0.2) is 99.6 Å². The number of halogens is 2. The van der Waals surface area contributed by atoms with Crippen LogP contribution in [0.15, 0.2) is 18.3 Å². The van der Waals surface area contributed by atoms with E-state index in [0.29, 0.717) is 18.7 Å². The minimum Gasteiger partial charge on any atom is -0.480 e. The number of nitrogens with zero attached hydrogens (tertiary/aromatic N) is 3. The molecule has 5 amide bonds. The average Bonchev–Trinajstić information content (AvgIpc) is 3.29. The molecule has 3 atom stereocenters. The predicted octanol–water partition coefficient (Wildman–Crippen LogP) is 0.0529. The molecule has 43 heavy (non-hydrogen) atoms. The minimum absolute atomic E-state index is 0.0795. The van der Waals surface area contributed by atoms with Crippen molar-refractivity contribution in [3.8, 4) is 6.07 Å². The van der Waals surface area contributed by atoms with Crippen molar-refractivity contribution >= 4 is 57.6 Å². The van der Waals surface area contributed by atoms with Gasteiger partial charge in [0.05, 0.1) is 24.9 Å². The summed E-state index contributed by atoms with van der Waals surface area (Å²) in [6.45, 7) is 0.720. The second kappa shape index (κ2) is 17.2. The van der Waals surface area contributed by atoms with Gasteiger partial charge < -0.3 is 31.3 Å². The molecule has 1 aliphatic heterocycles. The number of carboxylic acid groups (broad SMARTS) is 1. The number of carbonyl (C=O) groups excluding carboxylic acids is 5. The van der Waals surface area contributed by atoms with Crippen molar-refractivity contribution in [2.24, 2.45) is 0 Å². The van der Waals surface area contributed by atoms with Gasteiger partial charge in [-0.25, -0.2) is 13.6 Å². The van der Waals surface area contributed by atoms with Gasteiger partial charge in [0, 0.05) is 49.1 Å². The Balaban J connectivity index is 1.79. The molecule has 2 rings (SSSR count). The highest BCUT2D eigenvalue weighted by Gasteiger charge is 2.48. The van der Waals surface area contributed by atoms with Gasteiger partial charge in [-0.2, -0.15) is 5.26 Å². The molecular formula is C25H31F2N7O7S2. The molecule has 1 aromatic heterocycles. The number of likely N-dealkylation sites (tertiary alicyclic amines) is 1. The van der Waals surface area contributed by atoms with Crippen molar-refractivity contribution in [1.29, 1.82) is 5.26 Å². The quantitative estimate of drug-likeness (QED) is 0.0870. The number of alkyl halides is 2. The molecule has 2 heterocycles. The molecule has 18 heteroatoms. The number of aliphatic carboxylic acids is 1. The van der Waals surface area contributed by atoms with Crippen LogP contribution in [0, 0.1) is 11.3 Å². The number of pyridine rings is 1. The van der Waals surface area contributed by atoms with Crippen molar-refractivity contribution in [2.75, 3.05) is 24.6 Å². The molecule has 0 radical (unpaired) electrons. The summed E-state index contributed by atoms with van der Waals surface area (Å²) >= 11 is 0. The molecule has 14 nitrogen and oxygen atoms in total. The van der Waals surface area contributed by atoms with Gasteiger partial charge in [0.1, 0.15) is 18.1 Å². The summed E-state index contributed by atoms with van der Waals surface area (Å²) in [4.78, 5) is 76.1. The SMILES string of the molecule is CC(NC(=O)c1ccnc(CNC(=O)CCC(=O)NC(CSSCCNC=O)C(=O)O)c1)C(=O)N1CC(F)(F)C[C@H]1C#N. The topological polar surface area (TPSA) is 211 Å². The van der Waals surface area contributed by atoms with Crippen LogP contribution >= 0.6 is 21.6 Å². The molecule has 0 saturated carbocycles. The highest BCUT2D eigenvalue weighted by atomic mass is 33.1. The summed E-state index contributed by atoms with van der Waals surface area (Å²) in [5.41, 5.74) is 0.356. The van der Waals surface area contributed by atoms with Crippen molar-refractivity contribution in [3.05, 3.63) is 29.6 Å². The van der Waals surface area contributed by atoms with Crippen molar-refractivity contribution < 1.29 is 42.7 Å². The summed E-state index contributed by atoms with van der Waals surface area (Å²) in [6.07, 6.45) is 0.569. The highest BCUT2D eigenvalue weighted by Crippen LogP contribution is 2.32. The number of aromatic nitrogens is 1. The number of carbonyl (C=O) groups is 6. The smallest absolute Gasteiger partial charge is 0.327 e. The lowest BCUT2D eigenvalue weighted by atomic mass is 10.1. The number of nitrogens with one attached hydrogen (secondary N) is 4. The maximum atomic E-state index is 13.7. The van der Waals surface area contributed by atoms with Gasteiger partial charge >= 0.3 is 5.97 Å². The molecule has 1 saturated heterocycles. The lowest BCUT2D eigenvalue weighted by Crippen LogP contribution is -2.48. The van der Waals surface area contributed by atoms with E-state index >= 15 is 0 Å². The molecule has 5 N–H and O–H groups in total. The molecule has 1 fully saturated rings. The zero-order valence-electron chi connectivity index (χ0n) is 23.0. The zero-order valence-corrected chi connectivity index (χ0v) is 24.6. The lowest BCUT2D eigenvalue weighted by Gasteiger charge is -2.23. The van der Waals surface area contributed by atoms with Gasteiger partial charge in [0.2, 0.25) is 24.1 Å². The van der Waals surface area contributed by atoms with Crippen LogP contribution in [0.25, 0.3) is 0 Å². The first kappa shape index (κ1) is 35.2. The number of amides is 5. The van der Waals surface area contributed by atoms with Crippen molar-refractivity contribution in [1.82, 2.24) is 31.2 Å². The van der Waals surface area contributed by atoms with E-state index in [2.05, 4.69) is 26.3 Å². The molecular weight excluding hydrogens is 612 g/mol. The average molecular weight is 644 g/mol. The van der Waals surface area contributed by atoms with Crippen LogP contribution in [0.4, 0.5) is 8.78 Å². The van der Waals surface area contributed by atoms with E-state index in [0.717, 1.165) is 4.90 Å². The molecule has 0 aliphatic carbocycles. The first-order valence-corrected chi connectivity index (χ1v) is 15.4. The number of hydrogen-bond acceptors (Lipinski definition) is 10. The van der Waals surface area contributed by atoms with Gasteiger partial charge in [0.25, 0.3) is 11.8 Å². The summed E-state index contributed by atoms with van der Waals surface area (Å²) in [5, 5.41) is 28.2. The Morgan fingerprint density at radius 1 is 1.23 bits per heavy atom. The van der Waals surface area contributed by atoms with E-state index in [1.54, 1.807) is 6.07 Å². The Hall–Kier alpha value is -3.98. The largest absolute Gasteiger partial charge is 0.480 e. The van der Waals surface area contributed by atoms with Crippen LogP contribution in [0.2, 0.25) is 0 Å². The third-order valence-electron chi connectivity index (χ3n) is 5.91. The fraction of sp³-hybridized carbons (Fsp3) is 0.520. The van der Waals surface area contributed by atoms with E-state index in [1.165, 1.54) is 46.8 Å². The molecule has 1 aromatic rings. The summed E-state index contributed by atoms with van der Waals surface area (Å²) in [6, 6.07) is 0.727. The first-order valence-electron chi connectivity index (χ1n) is 12.9. The molecule has 0 bridgehead atoms. The molecule has 2 unspecified atom stereocenters. The summed E-state index contributed by atoms with van der Waals surface area (Å²) < 4.78 is 27.4. The standard InChI is InChI=1S/C25H31F2N7O7S2/c1-15(23(39)34-13-25(26,27)9-18(34)10-28)32-22(38)16-4-5-30-17(8-16)11-31-20(36)2-3-21(37)33-19(24(40)41)12-43-42-7-6-29-14-35/h4-5,8,14-15,18-19H,2-3,6-7,9,11-13H2,1H3,(H,29,35)(H,31,36)(H,32,38)(H,33,37)(H,40,41)/t15?,18-,19?/m0/s1. The van der Waals surface area contributed by atoms with E-state index in [4.69, 9.17) is 5.26 Å². The van der Waals surface area contributed by atoms with Crippen molar-refractivity contribution in [2.45, 2.75) is 56.8 Å². The van der Waals surface area contributed by atoms with Gasteiger partial charge in [-0.1, -0.05) is 21.6 Å². The Labute approximate surface area is 253 Å². The summed E-state index contributed by atoms with van der Waals surface area (Å²) in [5.74, 6) is -6.46. The normalized spacial score (nSPS) is 16.7. The third-order valence-corrected chi connectivity index (χ3v) is 8.32. The summed E-state index contributed by atoms with van der Waals surface area (Å²) in [7, 11) is 2.55. The Morgan fingerprint density at radius 3 is 2.63 bits per heavy atom. The molecule has 1 aliphatic rings. The van der Waals surface area contributed by atoms with E-state index in [1.807, 2.05) is 0 Å². The Kier molecular flexibility index (Phi) is 14.1. The van der Waals surface area contributed by atoms with Crippen molar-refractivity contribution in [3.63, 3.8) is 0 Å². The molecule has 0 aromatic carbocycles. The highest BCUT2D eigenvalue weighted by molar-refractivity contribution is 8.76. The third kappa shape index (κ3) is 12.0. The van der Waals surface area contributed by atoms with Gasteiger partial charge in [-0.05, 0) is 19.1 Å². The molecule has 234 valence electrons. The number of carboxylic acids is 1. The Morgan fingerprint density at radius 2 is 1.95 bits per heavy atom.